The van der Waals surface area contributed by atoms with Crippen LogP contribution in [0.5, 0.6) is 5.75 Å². The van der Waals surface area contributed by atoms with E-state index in [-0.39, 0.29) is 12.3 Å². The standard InChI is InChI=1S/C13H18O3/c1-3-16-12-7-5-11(6-8-12)10(2)4-9-13(14)15/h5-8,10H,3-4,9H2,1-2H3,(H,14,15). The average Bonchev–Trinajstić information content (AvgIpc) is 2.27. The van der Waals surface area contributed by atoms with E-state index < -0.39 is 5.97 Å². The molecule has 0 aliphatic carbocycles. The summed E-state index contributed by atoms with van der Waals surface area (Å²) in [6, 6.07) is 7.85. The summed E-state index contributed by atoms with van der Waals surface area (Å²) in [6.07, 6.45) is 0.887. The fourth-order valence-electron chi connectivity index (χ4n) is 1.57. The molecule has 0 bridgehead atoms. The summed E-state index contributed by atoms with van der Waals surface area (Å²) in [5, 5.41) is 8.60. The Hall–Kier alpha value is -1.51. The molecule has 0 spiro atoms. The van der Waals surface area contributed by atoms with E-state index in [0.717, 1.165) is 11.3 Å². The molecule has 88 valence electrons. The normalized spacial score (nSPS) is 12.1. The summed E-state index contributed by atoms with van der Waals surface area (Å²) < 4.78 is 5.34. The average molecular weight is 222 g/mol. The second kappa shape index (κ2) is 6.16. The number of benzene rings is 1. The summed E-state index contributed by atoms with van der Waals surface area (Å²) in [5.74, 6) is 0.390. The molecule has 1 unspecified atom stereocenters. The number of hydrogen-bond acceptors (Lipinski definition) is 2. The lowest BCUT2D eigenvalue weighted by atomic mass is 9.96. The Morgan fingerprint density at radius 3 is 2.50 bits per heavy atom. The number of hydrogen-bond donors (Lipinski definition) is 1. The van der Waals surface area contributed by atoms with E-state index >= 15 is 0 Å². The molecule has 0 aliphatic rings. The Morgan fingerprint density at radius 2 is 2.00 bits per heavy atom. The van der Waals surface area contributed by atoms with E-state index in [1.165, 1.54) is 0 Å². The zero-order valence-corrected chi connectivity index (χ0v) is 9.77. The molecule has 1 rings (SSSR count). The van der Waals surface area contributed by atoms with Crippen LogP contribution in [0.3, 0.4) is 0 Å². The largest absolute Gasteiger partial charge is 0.494 e. The molecule has 3 nitrogen and oxygen atoms in total. The molecule has 0 heterocycles. The Labute approximate surface area is 96.1 Å². The monoisotopic (exact) mass is 222 g/mol. The van der Waals surface area contributed by atoms with Crippen molar-refractivity contribution in [2.45, 2.75) is 32.6 Å². The minimum Gasteiger partial charge on any atom is -0.494 e. The minimum absolute atomic E-state index is 0.217. The van der Waals surface area contributed by atoms with Gasteiger partial charge in [-0.2, -0.15) is 0 Å². The van der Waals surface area contributed by atoms with Gasteiger partial charge in [0.2, 0.25) is 0 Å². The number of carbonyl (C=O) groups is 1. The molecular weight excluding hydrogens is 204 g/mol. The second-order valence-electron chi connectivity index (χ2n) is 3.84. The summed E-state index contributed by atoms with van der Waals surface area (Å²) >= 11 is 0. The van der Waals surface area contributed by atoms with Crippen LogP contribution in [-0.4, -0.2) is 17.7 Å². The van der Waals surface area contributed by atoms with Gasteiger partial charge in [0.15, 0.2) is 0 Å². The van der Waals surface area contributed by atoms with Gasteiger partial charge in [0.05, 0.1) is 6.61 Å². The molecule has 0 amide bonds. The van der Waals surface area contributed by atoms with Gasteiger partial charge in [0.1, 0.15) is 5.75 Å². The molecule has 0 aromatic heterocycles. The van der Waals surface area contributed by atoms with Crippen molar-refractivity contribution in [3.05, 3.63) is 29.8 Å². The highest BCUT2D eigenvalue weighted by molar-refractivity contribution is 5.66. The van der Waals surface area contributed by atoms with E-state index in [4.69, 9.17) is 9.84 Å². The van der Waals surface area contributed by atoms with E-state index in [9.17, 15) is 4.79 Å². The minimum atomic E-state index is -0.738. The van der Waals surface area contributed by atoms with E-state index in [0.29, 0.717) is 13.0 Å². The lowest BCUT2D eigenvalue weighted by molar-refractivity contribution is -0.137. The van der Waals surface area contributed by atoms with E-state index in [1.807, 2.05) is 38.1 Å². The number of aliphatic carboxylic acids is 1. The third-order valence-corrected chi connectivity index (χ3v) is 2.55. The van der Waals surface area contributed by atoms with Crippen LogP contribution in [0, 0.1) is 0 Å². The van der Waals surface area contributed by atoms with Crippen LogP contribution in [0.15, 0.2) is 24.3 Å². The first-order valence-corrected chi connectivity index (χ1v) is 5.58. The molecule has 0 fully saturated rings. The molecule has 3 heteroatoms. The van der Waals surface area contributed by atoms with Crippen LogP contribution in [0.4, 0.5) is 0 Å². The van der Waals surface area contributed by atoms with Gasteiger partial charge in [-0.25, -0.2) is 0 Å². The van der Waals surface area contributed by atoms with E-state index in [1.54, 1.807) is 0 Å². The molecule has 1 atom stereocenters. The SMILES string of the molecule is CCOc1ccc(C(C)CCC(=O)O)cc1. The smallest absolute Gasteiger partial charge is 0.303 e. The third kappa shape index (κ3) is 3.93. The predicted molar refractivity (Wildman–Crippen MR) is 62.9 cm³/mol. The van der Waals surface area contributed by atoms with Crippen molar-refractivity contribution in [1.29, 1.82) is 0 Å². The predicted octanol–water partition coefficient (Wildman–Crippen LogP) is 3.05. The van der Waals surface area contributed by atoms with Gasteiger partial charge in [0.25, 0.3) is 0 Å². The topological polar surface area (TPSA) is 46.5 Å². The molecule has 1 aromatic rings. The zero-order chi connectivity index (χ0) is 12.0. The van der Waals surface area contributed by atoms with Crippen molar-refractivity contribution >= 4 is 5.97 Å². The first-order valence-electron chi connectivity index (χ1n) is 5.58. The molecule has 0 radical (unpaired) electrons. The summed E-state index contributed by atoms with van der Waals surface area (Å²) in [5.41, 5.74) is 1.16. The first kappa shape index (κ1) is 12.6. The van der Waals surface area contributed by atoms with Crippen molar-refractivity contribution in [2.24, 2.45) is 0 Å². The highest BCUT2D eigenvalue weighted by Gasteiger charge is 2.07. The Balaban J connectivity index is 2.55. The second-order valence-corrected chi connectivity index (χ2v) is 3.84. The van der Waals surface area contributed by atoms with Crippen molar-refractivity contribution in [2.75, 3.05) is 6.61 Å². The Morgan fingerprint density at radius 1 is 1.38 bits per heavy atom. The lowest BCUT2D eigenvalue weighted by Gasteiger charge is -2.11. The molecule has 1 aromatic carbocycles. The number of ether oxygens (including phenoxy) is 1. The van der Waals surface area contributed by atoms with Gasteiger partial charge in [-0.1, -0.05) is 19.1 Å². The third-order valence-electron chi connectivity index (χ3n) is 2.55. The maximum absolute atomic E-state index is 10.5. The van der Waals surface area contributed by atoms with Crippen molar-refractivity contribution < 1.29 is 14.6 Å². The lowest BCUT2D eigenvalue weighted by Crippen LogP contribution is -2.00. The highest BCUT2D eigenvalue weighted by atomic mass is 16.5. The molecule has 0 saturated carbocycles. The van der Waals surface area contributed by atoms with Crippen LogP contribution in [-0.2, 0) is 4.79 Å². The van der Waals surface area contributed by atoms with Crippen LogP contribution in [0.2, 0.25) is 0 Å². The van der Waals surface area contributed by atoms with E-state index in [2.05, 4.69) is 0 Å². The highest BCUT2D eigenvalue weighted by Crippen LogP contribution is 2.22. The number of carboxylic acids is 1. The van der Waals surface area contributed by atoms with Crippen LogP contribution >= 0.6 is 0 Å². The van der Waals surface area contributed by atoms with Gasteiger partial charge in [-0.05, 0) is 37.0 Å². The van der Waals surface area contributed by atoms with Crippen LogP contribution < -0.4 is 4.74 Å². The molecular formula is C13H18O3. The van der Waals surface area contributed by atoms with Crippen molar-refractivity contribution in [1.82, 2.24) is 0 Å². The molecule has 1 N–H and O–H groups in total. The molecule has 16 heavy (non-hydrogen) atoms. The zero-order valence-electron chi connectivity index (χ0n) is 9.77. The van der Waals surface area contributed by atoms with Gasteiger partial charge in [0, 0.05) is 6.42 Å². The Bertz CT molecular complexity index is 330. The fourth-order valence-corrected chi connectivity index (χ4v) is 1.57. The number of carboxylic acid groups (broad SMARTS) is 1. The molecule has 0 saturated heterocycles. The molecule has 0 aliphatic heterocycles. The Kier molecular flexibility index (Phi) is 4.83. The van der Waals surface area contributed by atoms with Crippen LogP contribution in [0.1, 0.15) is 38.2 Å². The van der Waals surface area contributed by atoms with Crippen molar-refractivity contribution in [3.63, 3.8) is 0 Å². The fraction of sp³-hybridized carbons (Fsp3) is 0.462. The van der Waals surface area contributed by atoms with Gasteiger partial charge in [-0.3, -0.25) is 4.79 Å². The van der Waals surface area contributed by atoms with Crippen LogP contribution in [0.25, 0.3) is 0 Å². The first-order chi connectivity index (χ1) is 7.63. The number of rotatable bonds is 6. The van der Waals surface area contributed by atoms with Gasteiger partial charge in [-0.15, -0.1) is 0 Å². The summed E-state index contributed by atoms with van der Waals surface area (Å²) in [7, 11) is 0. The van der Waals surface area contributed by atoms with Crippen molar-refractivity contribution in [3.8, 4) is 5.75 Å². The van der Waals surface area contributed by atoms with Gasteiger partial charge >= 0.3 is 5.97 Å². The van der Waals surface area contributed by atoms with Gasteiger partial charge < -0.3 is 9.84 Å². The quantitative estimate of drug-likeness (QED) is 0.804. The maximum atomic E-state index is 10.5. The summed E-state index contributed by atoms with van der Waals surface area (Å²) in [6.45, 7) is 4.65. The maximum Gasteiger partial charge on any atom is 0.303 e. The summed E-state index contributed by atoms with van der Waals surface area (Å²) in [4.78, 5) is 10.5.